The summed E-state index contributed by atoms with van der Waals surface area (Å²) >= 11 is 0. The van der Waals surface area contributed by atoms with E-state index < -0.39 is 0 Å². The third kappa shape index (κ3) is 1.86. The van der Waals surface area contributed by atoms with Crippen LogP contribution < -0.4 is 0 Å². The molecule has 0 bridgehead atoms. The second kappa shape index (κ2) is 3.84. The molecule has 2 unspecified atom stereocenters. The molecule has 0 aromatic rings. The van der Waals surface area contributed by atoms with Crippen LogP contribution in [-0.4, -0.2) is 0 Å². The maximum Gasteiger partial charge on any atom is 0.00866 e. The SMILES string of the molecule is CC1=C2C=CC(C)C2C=C(C(C)C)C=C1. The third-order valence-electron chi connectivity index (χ3n) is 3.52. The zero-order valence-corrected chi connectivity index (χ0v) is 10.1. The lowest BCUT2D eigenvalue weighted by Crippen LogP contribution is -2.05. The molecule has 0 saturated heterocycles. The minimum atomic E-state index is 0.609. The average Bonchev–Trinajstić information content (AvgIpc) is 2.43. The van der Waals surface area contributed by atoms with E-state index in [4.69, 9.17) is 0 Å². The lowest BCUT2D eigenvalue weighted by atomic mass is 9.89. The van der Waals surface area contributed by atoms with Crippen LogP contribution in [-0.2, 0) is 0 Å². The van der Waals surface area contributed by atoms with E-state index in [1.807, 2.05) is 0 Å². The van der Waals surface area contributed by atoms with Crippen molar-refractivity contribution < 1.29 is 0 Å². The Labute approximate surface area is 93.1 Å². The molecule has 80 valence electrons. The highest BCUT2D eigenvalue weighted by Gasteiger charge is 2.24. The molecule has 0 amide bonds. The highest BCUT2D eigenvalue weighted by atomic mass is 14.3. The third-order valence-corrected chi connectivity index (χ3v) is 3.52. The van der Waals surface area contributed by atoms with Crippen molar-refractivity contribution in [2.45, 2.75) is 27.7 Å². The van der Waals surface area contributed by atoms with Crippen molar-refractivity contribution >= 4 is 0 Å². The molecule has 0 aromatic heterocycles. The summed E-state index contributed by atoms with van der Waals surface area (Å²) in [6.45, 7) is 9.06. The lowest BCUT2D eigenvalue weighted by molar-refractivity contribution is 0.609. The van der Waals surface area contributed by atoms with Crippen LogP contribution in [0.5, 0.6) is 0 Å². The summed E-state index contributed by atoms with van der Waals surface area (Å²) in [5.41, 5.74) is 4.41. The maximum atomic E-state index is 2.46. The topological polar surface area (TPSA) is 0 Å². The highest BCUT2D eigenvalue weighted by molar-refractivity contribution is 5.46. The van der Waals surface area contributed by atoms with Crippen molar-refractivity contribution in [1.29, 1.82) is 0 Å². The van der Waals surface area contributed by atoms with E-state index in [1.165, 1.54) is 16.7 Å². The fraction of sp³-hybridized carbons (Fsp3) is 0.467. The molecule has 0 saturated carbocycles. The minimum absolute atomic E-state index is 0.609. The van der Waals surface area contributed by atoms with E-state index in [2.05, 4.69) is 58.1 Å². The summed E-state index contributed by atoms with van der Waals surface area (Å²) in [4.78, 5) is 0. The molecule has 0 fully saturated rings. The zero-order valence-electron chi connectivity index (χ0n) is 10.1. The van der Waals surface area contributed by atoms with Crippen molar-refractivity contribution in [3.63, 3.8) is 0 Å². The van der Waals surface area contributed by atoms with Crippen LogP contribution >= 0.6 is 0 Å². The maximum absolute atomic E-state index is 2.46. The lowest BCUT2D eigenvalue weighted by Gasteiger charge is -2.15. The van der Waals surface area contributed by atoms with E-state index in [0.29, 0.717) is 17.8 Å². The molecule has 0 spiro atoms. The number of rotatable bonds is 1. The normalized spacial score (nSPS) is 29.5. The first-order valence-corrected chi connectivity index (χ1v) is 5.88. The van der Waals surface area contributed by atoms with Crippen LogP contribution in [0.25, 0.3) is 0 Å². The molecule has 0 heteroatoms. The number of allylic oxidation sites excluding steroid dienone is 8. The summed E-state index contributed by atoms with van der Waals surface area (Å²) in [5, 5.41) is 0. The molecule has 2 rings (SSSR count). The van der Waals surface area contributed by atoms with Crippen molar-refractivity contribution in [3.8, 4) is 0 Å². The molecule has 0 aliphatic heterocycles. The Morgan fingerprint density at radius 3 is 2.53 bits per heavy atom. The van der Waals surface area contributed by atoms with Crippen molar-refractivity contribution in [1.82, 2.24) is 0 Å². The molecule has 0 heterocycles. The van der Waals surface area contributed by atoms with Crippen LogP contribution in [0.4, 0.5) is 0 Å². The van der Waals surface area contributed by atoms with Gasteiger partial charge in [0.1, 0.15) is 0 Å². The van der Waals surface area contributed by atoms with Crippen LogP contribution in [0.15, 0.2) is 47.1 Å². The molecule has 15 heavy (non-hydrogen) atoms. The van der Waals surface area contributed by atoms with E-state index in [0.717, 1.165) is 0 Å². The van der Waals surface area contributed by atoms with Gasteiger partial charge in [0.2, 0.25) is 0 Å². The van der Waals surface area contributed by atoms with Crippen molar-refractivity contribution in [3.05, 3.63) is 47.1 Å². The molecule has 2 aliphatic carbocycles. The van der Waals surface area contributed by atoms with Gasteiger partial charge in [0.15, 0.2) is 0 Å². The molecule has 2 atom stereocenters. The summed E-state index contributed by atoms with van der Waals surface area (Å²) < 4.78 is 0. The molecule has 0 N–H and O–H groups in total. The predicted octanol–water partition coefficient (Wildman–Crippen LogP) is 4.28. The van der Waals surface area contributed by atoms with E-state index in [9.17, 15) is 0 Å². The van der Waals surface area contributed by atoms with Gasteiger partial charge in [-0.05, 0) is 35.5 Å². The van der Waals surface area contributed by atoms with Gasteiger partial charge in [0.25, 0.3) is 0 Å². The summed E-state index contributed by atoms with van der Waals surface area (Å²) in [6, 6.07) is 0. The molecule has 0 nitrogen and oxygen atoms in total. The average molecular weight is 200 g/mol. The van der Waals surface area contributed by atoms with Gasteiger partial charge in [0.05, 0.1) is 0 Å². The second-order valence-electron chi connectivity index (χ2n) is 5.04. The Hall–Kier alpha value is -1.04. The first-order chi connectivity index (χ1) is 7.09. The number of hydrogen-bond acceptors (Lipinski definition) is 0. The molecule has 0 aromatic carbocycles. The quantitative estimate of drug-likeness (QED) is 0.592. The van der Waals surface area contributed by atoms with Crippen molar-refractivity contribution in [2.75, 3.05) is 0 Å². The van der Waals surface area contributed by atoms with Gasteiger partial charge in [-0.15, -0.1) is 0 Å². The first kappa shape index (κ1) is 10.5. The smallest absolute Gasteiger partial charge is 0.00866 e. The zero-order chi connectivity index (χ0) is 11.0. The van der Waals surface area contributed by atoms with Gasteiger partial charge in [-0.1, -0.05) is 51.2 Å². The van der Waals surface area contributed by atoms with Gasteiger partial charge in [-0.3, -0.25) is 0 Å². The summed E-state index contributed by atoms with van der Waals surface area (Å²) in [6.07, 6.45) is 11.6. The fourth-order valence-electron chi connectivity index (χ4n) is 2.37. The van der Waals surface area contributed by atoms with Gasteiger partial charge in [0, 0.05) is 5.92 Å². The highest BCUT2D eigenvalue weighted by Crippen LogP contribution is 2.37. The van der Waals surface area contributed by atoms with Crippen LogP contribution in [0.2, 0.25) is 0 Å². The summed E-state index contributed by atoms with van der Waals surface area (Å²) in [5.74, 6) is 1.89. The molecule has 0 radical (unpaired) electrons. The largest absolute Gasteiger partial charge is 0.0805 e. The van der Waals surface area contributed by atoms with E-state index >= 15 is 0 Å². The monoisotopic (exact) mass is 200 g/mol. The number of fused-ring (bicyclic) bond motifs is 1. The van der Waals surface area contributed by atoms with E-state index in [1.54, 1.807) is 0 Å². The molecule has 2 aliphatic rings. The van der Waals surface area contributed by atoms with Crippen molar-refractivity contribution in [2.24, 2.45) is 17.8 Å². The molecular weight excluding hydrogens is 180 g/mol. The van der Waals surface area contributed by atoms with Crippen LogP contribution in [0.3, 0.4) is 0 Å². The van der Waals surface area contributed by atoms with Gasteiger partial charge in [-0.25, -0.2) is 0 Å². The number of hydrogen-bond donors (Lipinski definition) is 0. The Morgan fingerprint density at radius 1 is 1.13 bits per heavy atom. The Kier molecular flexibility index (Phi) is 2.68. The summed E-state index contributed by atoms with van der Waals surface area (Å²) in [7, 11) is 0. The minimum Gasteiger partial charge on any atom is -0.0805 e. The fourth-order valence-corrected chi connectivity index (χ4v) is 2.37. The van der Waals surface area contributed by atoms with Gasteiger partial charge in [-0.2, -0.15) is 0 Å². The van der Waals surface area contributed by atoms with Gasteiger partial charge < -0.3 is 0 Å². The standard InChI is InChI=1S/C15H20/c1-10(2)13-7-5-11(3)14-8-6-12(4)15(14)9-13/h5-10,12,15H,1-4H3. The Balaban J connectivity index is 2.42. The second-order valence-corrected chi connectivity index (χ2v) is 5.04. The Morgan fingerprint density at radius 2 is 1.87 bits per heavy atom. The van der Waals surface area contributed by atoms with E-state index in [-0.39, 0.29) is 0 Å². The molecular formula is C15H20. The Bertz CT molecular complexity index is 375. The first-order valence-electron chi connectivity index (χ1n) is 5.88. The van der Waals surface area contributed by atoms with Crippen LogP contribution in [0.1, 0.15) is 27.7 Å². The van der Waals surface area contributed by atoms with Crippen LogP contribution in [0, 0.1) is 17.8 Å². The van der Waals surface area contributed by atoms with Gasteiger partial charge >= 0.3 is 0 Å². The predicted molar refractivity (Wildman–Crippen MR) is 66.6 cm³/mol.